The van der Waals surface area contributed by atoms with Gasteiger partial charge in [-0.25, -0.2) is 4.39 Å². The van der Waals surface area contributed by atoms with Crippen molar-refractivity contribution in [3.05, 3.63) is 106 Å². The second kappa shape index (κ2) is 6.93. The van der Waals surface area contributed by atoms with Crippen LogP contribution in [-0.2, 0) is 6.42 Å². The molecule has 3 aromatic rings. The van der Waals surface area contributed by atoms with Crippen molar-refractivity contribution in [3.8, 4) is 0 Å². The molecule has 130 valence electrons. The first-order valence-corrected chi connectivity index (χ1v) is 8.92. The summed E-state index contributed by atoms with van der Waals surface area (Å²) in [7, 11) is 0. The van der Waals surface area contributed by atoms with Crippen LogP contribution in [-0.4, -0.2) is 17.4 Å². The molecule has 0 aliphatic carbocycles. The fraction of sp³-hybridized carbons (Fsp3) is 0.136. The fourth-order valence-corrected chi connectivity index (χ4v) is 3.84. The Morgan fingerprint density at radius 3 is 2.46 bits per heavy atom. The van der Waals surface area contributed by atoms with Crippen LogP contribution in [0, 0.1) is 5.82 Å². The summed E-state index contributed by atoms with van der Waals surface area (Å²) >= 11 is 6.47. The molecule has 1 heterocycles. The molecular formula is C22H17ClFNO. The summed E-state index contributed by atoms with van der Waals surface area (Å²) in [6.45, 7) is 0.558. The van der Waals surface area contributed by atoms with Crippen LogP contribution in [0.1, 0.15) is 33.1 Å². The Kier molecular flexibility index (Phi) is 4.48. The van der Waals surface area contributed by atoms with E-state index in [1.807, 2.05) is 42.5 Å². The molecule has 0 radical (unpaired) electrons. The highest BCUT2D eigenvalue weighted by molar-refractivity contribution is 6.31. The highest BCUT2D eigenvalue weighted by Crippen LogP contribution is 2.38. The van der Waals surface area contributed by atoms with Crippen molar-refractivity contribution in [1.82, 2.24) is 4.90 Å². The Labute approximate surface area is 156 Å². The maximum Gasteiger partial charge on any atom is 0.254 e. The number of rotatable bonds is 2. The van der Waals surface area contributed by atoms with Gasteiger partial charge in [0.15, 0.2) is 0 Å². The zero-order valence-corrected chi connectivity index (χ0v) is 14.8. The SMILES string of the molecule is O=C(c1cccc(F)c1)N1CCc2ccccc2[C@@H]1c1ccccc1Cl. The van der Waals surface area contributed by atoms with Crippen LogP contribution in [0.25, 0.3) is 0 Å². The molecule has 0 spiro atoms. The second-order valence-corrected chi connectivity index (χ2v) is 6.79. The normalized spacial score (nSPS) is 16.2. The van der Waals surface area contributed by atoms with Crippen LogP contribution in [0.4, 0.5) is 4.39 Å². The van der Waals surface area contributed by atoms with E-state index >= 15 is 0 Å². The van der Waals surface area contributed by atoms with Crippen molar-refractivity contribution < 1.29 is 9.18 Å². The van der Waals surface area contributed by atoms with E-state index in [1.54, 1.807) is 17.0 Å². The van der Waals surface area contributed by atoms with Gasteiger partial charge in [-0.15, -0.1) is 0 Å². The lowest BCUT2D eigenvalue weighted by Gasteiger charge is -2.38. The zero-order chi connectivity index (χ0) is 18.1. The molecule has 0 fully saturated rings. The molecule has 2 nitrogen and oxygen atoms in total. The van der Waals surface area contributed by atoms with Crippen LogP contribution in [0.3, 0.4) is 0 Å². The van der Waals surface area contributed by atoms with E-state index < -0.39 is 5.82 Å². The van der Waals surface area contributed by atoms with Crippen molar-refractivity contribution in [2.75, 3.05) is 6.54 Å². The summed E-state index contributed by atoms with van der Waals surface area (Å²) in [6.07, 6.45) is 0.762. The van der Waals surface area contributed by atoms with E-state index in [4.69, 9.17) is 11.6 Å². The van der Waals surface area contributed by atoms with Crippen LogP contribution in [0.5, 0.6) is 0 Å². The van der Waals surface area contributed by atoms with Gasteiger partial charge in [0.05, 0.1) is 6.04 Å². The largest absolute Gasteiger partial charge is 0.327 e. The molecule has 0 unspecified atom stereocenters. The number of halogens is 2. The van der Waals surface area contributed by atoms with Crippen LogP contribution < -0.4 is 0 Å². The van der Waals surface area contributed by atoms with Crippen molar-refractivity contribution in [1.29, 1.82) is 0 Å². The zero-order valence-electron chi connectivity index (χ0n) is 14.0. The molecule has 1 amide bonds. The molecular weight excluding hydrogens is 349 g/mol. The van der Waals surface area contributed by atoms with Gasteiger partial charge < -0.3 is 4.90 Å². The molecule has 4 rings (SSSR count). The first-order valence-electron chi connectivity index (χ1n) is 8.54. The van der Waals surface area contributed by atoms with E-state index in [0.717, 1.165) is 17.5 Å². The quantitative estimate of drug-likeness (QED) is 0.606. The number of carbonyl (C=O) groups excluding carboxylic acids is 1. The topological polar surface area (TPSA) is 20.3 Å². The van der Waals surface area contributed by atoms with Crippen molar-refractivity contribution in [3.63, 3.8) is 0 Å². The van der Waals surface area contributed by atoms with Gasteiger partial charge in [0.1, 0.15) is 5.82 Å². The van der Waals surface area contributed by atoms with Crippen molar-refractivity contribution in [2.45, 2.75) is 12.5 Å². The number of hydrogen-bond acceptors (Lipinski definition) is 1. The molecule has 0 aromatic heterocycles. The van der Waals surface area contributed by atoms with Gasteiger partial charge in [-0.3, -0.25) is 4.79 Å². The third-order valence-electron chi connectivity index (χ3n) is 4.82. The van der Waals surface area contributed by atoms with Crippen LogP contribution in [0.15, 0.2) is 72.8 Å². The summed E-state index contributed by atoms with van der Waals surface area (Å²) in [4.78, 5) is 15.0. The third kappa shape index (κ3) is 2.99. The monoisotopic (exact) mass is 365 g/mol. The van der Waals surface area contributed by atoms with Gasteiger partial charge in [-0.05, 0) is 47.4 Å². The van der Waals surface area contributed by atoms with Crippen molar-refractivity contribution in [2.24, 2.45) is 0 Å². The van der Waals surface area contributed by atoms with Gasteiger partial charge >= 0.3 is 0 Å². The van der Waals surface area contributed by atoms with Crippen LogP contribution >= 0.6 is 11.6 Å². The van der Waals surface area contributed by atoms with Gasteiger partial charge in [-0.2, -0.15) is 0 Å². The minimum Gasteiger partial charge on any atom is -0.327 e. The molecule has 3 aromatic carbocycles. The smallest absolute Gasteiger partial charge is 0.254 e. The average Bonchev–Trinajstić information content (AvgIpc) is 2.67. The molecule has 1 aliphatic rings. The standard InChI is InChI=1S/C22H17ClFNO/c23-20-11-4-3-10-19(20)21-18-9-2-1-6-15(18)12-13-25(21)22(26)16-7-5-8-17(24)14-16/h1-11,14,21H,12-13H2/t21-/m1/s1. The van der Waals surface area contributed by atoms with Crippen LogP contribution in [0.2, 0.25) is 5.02 Å². The first kappa shape index (κ1) is 16.8. The van der Waals surface area contributed by atoms with Gasteiger partial charge in [0, 0.05) is 17.1 Å². The summed E-state index contributed by atoms with van der Waals surface area (Å²) in [5.74, 6) is -0.605. The molecule has 0 saturated carbocycles. The first-order chi connectivity index (χ1) is 12.6. The third-order valence-corrected chi connectivity index (χ3v) is 5.16. The average molecular weight is 366 g/mol. The summed E-state index contributed by atoms with van der Waals surface area (Å²) in [6, 6.07) is 21.2. The number of benzene rings is 3. The van der Waals surface area contributed by atoms with Gasteiger partial charge in [0.2, 0.25) is 0 Å². The van der Waals surface area contributed by atoms with Crippen molar-refractivity contribution >= 4 is 17.5 Å². The fourth-order valence-electron chi connectivity index (χ4n) is 3.60. The minimum absolute atomic E-state index is 0.191. The van der Waals surface area contributed by atoms with Gasteiger partial charge in [-0.1, -0.05) is 60.1 Å². The maximum atomic E-state index is 13.6. The predicted octanol–water partition coefficient (Wildman–Crippen LogP) is 5.27. The van der Waals surface area contributed by atoms with E-state index in [9.17, 15) is 9.18 Å². The highest BCUT2D eigenvalue weighted by atomic mass is 35.5. The Balaban J connectivity index is 1.83. The van der Waals surface area contributed by atoms with E-state index in [1.165, 1.54) is 17.7 Å². The lowest BCUT2D eigenvalue weighted by atomic mass is 9.87. The van der Waals surface area contributed by atoms with E-state index in [0.29, 0.717) is 17.1 Å². The Morgan fingerprint density at radius 2 is 1.69 bits per heavy atom. The minimum atomic E-state index is -0.414. The Bertz CT molecular complexity index is 972. The molecule has 1 atom stereocenters. The number of nitrogens with zero attached hydrogens (tertiary/aromatic N) is 1. The predicted molar refractivity (Wildman–Crippen MR) is 101 cm³/mol. The summed E-state index contributed by atoms with van der Waals surface area (Å²) in [5, 5.41) is 0.617. The molecule has 1 aliphatic heterocycles. The number of carbonyl (C=O) groups is 1. The molecule has 0 N–H and O–H groups in total. The highest BCUT2D eigenvalue weighted by Gasteiger charge is 2.33. The molecule has 0 saturated heterocycles. The summed E-state index contributed by atoms with van der Waals surface area (Å²) < 4.78 is 13.6. The maximum absolute atomic E-state index is 13.6. The number of fused-ring (bicyclic) bond motifs is 1. The Hall–Kier alpha value is -2.65. The molecule has 0 bridgehead atoms. The lowest BCUT2D eigenvalue weighted by molar-refractivity contribution is 0.0694. The molecule has 26 heavy (non-hydrogen) atoms. The number of hydrogen-bond donors (Lipinski definition) is 0. The second-order valence-electron chi connectivity index (χ2n) is 6.38. The van der Waals surface area contributed by atoms with E-state index in [2.05, 4.69) is 6.07 Å². The number of amides is 1. The molecule has 4 heteroatoms. The van der Waals surface area contributed by atoms with E-state index in [-0.39, 0.29) is 11.9 Å². The summed E-state index contributed by atoms with van der Waals surface area (Å²) in [5.41, 5.74) is 3.50. The lowest BCUT2D eigenvalue weighted by Crippen LogP contribution is -2.40. The van der Waals surface area contributed by atoms with Gasteiger partial charge in [0.25, 0.3) is 5.91 Å². The Morgan fingerprint density at radius 1 is 0.962 bits per heavy atom.